The molecule has 1 aromatic heterocycles. The van der Waals surface area contributed by atoms with Crippen molar-refractivity contribution in [3.63, 3.8) is 0 Å². The van der Waals surface area contributed by atoms with Crippen molar-refractivity contribution in [2.24, 2.45) is 11.7 Å². The van der Waals surface area contributed by atoms with E-state index in [9.17, 15) is 0 Å². The van der Waals surface area contributed by atoms with Crippen molar-refractivity contribution in [3.8, 4) is 0 Å². The largest absolute Gasteiger partial charge is 0.407 e. The second-order valence-corrected chi connectivity index (χ2v) is 4.06. The summed E-state index contributed by atoms with van der Waals surface area (Å²) in [7, 11) is 0. The number of hydrogen-bond donors (Lipinski definition) is 2. The van der Waals surface area contributed by atoms with Crippen LogP contribution in [0.3, 0.4) is 0 Å². The van der Waals surface area contributed by atoms with Crippen molar-refractivity contribution in [2.45, 2.75) is 13.5 Å². The highest BCUT2D eigenvalue weighted by molar-refractivity contribution is 7.98. The van der Waals surface area contributed by atoms with Crippen LogP contribution in [0.2, 0.25) is 0 Å². The molecule has 1 heterocycles. The van der Waals surface area contributed by atoms with E-state index in [4.69, 9.17) is 10.2 Å². The Bertz CT molecular complexity index is 266. The Labute approximate surface area is 87.8 Å². The molecule has 1 atom stereocenters. The molecular weight excluding hydrogens is 200 g/mol. The van der Waals surface area contributed by atoms with Crippen LogP contribution in [0.15, 0.2) is 4.42 Å². The molecule has 5 nitrogen and oxygen atoms in total. The van der Waals surface area contributed by atoms with Gasteiger partial charge in [0.15, 0.2) is 0 Å². The maximum Gasteiger partial charge on any atom is 0.315 e. The molecule has 3 N–H and O–H groups in total. The van der Waals surface area contributed by atoms with Gasteiger partial charge in [-0.25, -0.2) is 0 Å². The molecule has 0 aromatic carbocycles. The van der Waals surface area contributed by atoms with Gasteiger partial charge in [-0.3, -0.25) is 0 Å². The average Bonchev–Trinajstić information content (AvgIpc) is 2.63. The van der Waals surface area contributed by atoms with Crippen LogP contribution in [-0.4, -0.2) is 28.8 Å². The third-order valence-corrected chi connectivity index (χ3v) is 2.60. The molecule has 0 aliphatic rings. The molecule has 1 aromatic rings. The van der Waals surface area contributed by atoms with E-state index in [2.05, 4.69) is 28.7 Å². The molecule has 1 unspecified atom stereocenters. The van der Waals surface area contributed by atoms with Crippen LogP contribution in [-0.2, 0) is 6.54 Å². The van der Waals surface area contributed by atoms with Gasteiger partial charge in [-0.05, 0) is 17.9 Å². The molecule has 0 saturated heterocycles. The van der Waals surface area contributed by atoms with Crippen molar-refractivity contribution in [3.05, 3.63) is 5.89 Å². The average molecular weight is 216 g/mol. The second kappa shape index (κ2) is 5.87. The molecule has 0 radical (unpaired) electrons. The molecule has 0 saturated carbocycles. The minimum absolute atomic E-state index is 0.287. The van der Waals surface area contributed by atoms with E-state index >= 15 is 0 Å². The van der Waals surface area contributed by atoms with E-state index in [1.54, 1.807) is 0 Å². The van der Waals surface area contributed by atoms with Gasteiger partial charge >= 0.3 is 6.01 Å². The van der Waals surface area contributed by atoms with Crippen molar-refractivity contribution in [1.29, 1.82) is 0 Å². The van der Waals surface area contributed by atoms with Crippen molar-refractivity contribution < 1.29 is 4.42 Å². The number of aromatic nitrogens is 2. The normalized spacial score (nSPS) is 12.8. The molecule has 0 fully saturated rings. The minimum atomic E-state index is 0.287. The highest BCUT2D eigenvalue weighted by Crippen LogP contribution is 2.08. The first-order valence-electron chi connectivity index (χ1n) is 4.51. The number of rotatable bonds is 6. The summed E-state index contributed by atoms with van der Waals surface area (Å²) < 4.78 is 5.20. The number of nitrogens with zero attached hydrogens (tertiary/aromatic N) is 2. The first-order valence-corrected chi connectivity index (χ1v) is 5.91. The highest BCUT2D eigenvalue weighted by atomic mass is 32.2. The van der Waals surface area contributed by atoms with Crippen molar-refractivity contribution in [2.75, 3.05) is 23.9 Å². The monoisotopic (exact) mass is 216 g/mol. The van der Waals surface area contributed by atoms with Crippen molar-refractivity contribution in [1.82, 2.24) is 10.2 Å². The van der Waals surface area contributed by atoms with E-state index < -0.39 is 0 Å². The van der Waals surface area contributed by atoms with Gasteiger partial charge in [0.25, 0.3) is 0 Å². The van der Waals surface area contributed by atoms with Crippen LogP contribution >= 0.6 is 11.8 Å². The first kappa shape index (κ1) is 11.3. The quantitative estimate of drug-likeness (QED) is 0.737. The Balaban J connectivity index is 2.30. The Kier molecular flexibility index (Phi) is 4.75. The van der Waals surface area contributed by atoms with Crippen LogP contribution in [0.1, 0.15) is 12.8 Å². The van der Waals surface area contributed by atoms with Gasteiger partial charge in [0, 0.05) is 6.54 Å². The summed E-state index contributed by atoms with van der Waals surface area (Å²) in [5, 5.41) is 10.6. The van der Waals surface area contributed by atoms with Gasteiger partial charge in [0.2, 0.25) is 5.89 Å². The second-order valence-electron chi connectivity index (χ2n) is 3.15. The molecule has 0 amide bonds. The van der Waals surface area contributed by atoms with Crippen molar-refractivity contribution >= 4 is 17.8 Å². The highest BCUT2D eigenvalue weighted by Gasteiger charge is 2.05. The summed E-state index contributed by atoms with van der Waals surface area (Å²) in [6, 6.07) is 0.457. The summed E-state index contributed by atoms with van der Waals surface area (Å²) in [6.07, 6.45) is 2.09. The predicted molar refractivity (Wildman–Crippen MR) is 58.2 cm³/mol. The molecular formula is C8H16N4OS. The van der Waals surface area contributed by atoms with Gasteiger partial charge in [0.1, 0.15) is 0 Å². The van der Waals surface area contributed by atoms with E-state index in [-0.39, 0.29) is 6.54 Å². The van der Waals surface area contributed by atoms with Crippen LogP contribution in [0.5, 0.6) is 0 Å². The molecule has 6 heteroatoms. The molecule has 80 valence electrons. The third-order valence-electron chi connectivity index (χ3n) is 1.69. The lowest BCUT2D eigenvalue weighted by Crippen LogP contribution is -2.13. The fourth-order valence-electron chi connectivity index (χ4n) is 1.01. The molecule has 0 spiro atoms. The Morgan fingerprint density at radius 3 is 2.93 bits per heavy atom. The minimum Gasteiger partial charge on any atom is -0.407 e. The van der Waals surface area contributed by atoms with Gasteiger partial charge < -0.3 is 15.5 Å². The summed E-state index contributed by atoms with van der Waals surface area (Å²) in [5.74, 6) is 2.16. The van der Waals surface area contributed by atoms with Gasteiger partial charge in [-0.1, -0.05) is 12.0 Å². The topological polar surface area (TPSA) is 77.0 Å². The SMILES string of the molecule is CSCC(C)CNc1nnc(CN)o1. The molecule has 0 aliphatic heterocycles. The summed E-state index contributed by atoms with van der Waals surface area (Å²) in [4.78, 5) is 0. The molecule has 14 heavy (non-hydrogen) atoms. The Morgan fingerprint density at radius 1 is 1.57 bits per heavy atom. The van der Waals surface area contributed by atoms with E-state index in [1.807, 2.05) is 11.8 Å². The first-order chi connectivity index (χ1) is 6.76. The fraction of sp³-hybridized carbons (Fsp3) is 0.750. The lowest BCUT2D eigenvalue weighted by Gasteiger charge is -2.08. The summed E-state index contributed by atoms with van der Waals surface area (Å²) in [6.45, 7) is 3.30. The third kappa shape index (κ3) is 3.55. The number of nitrogens with two attached hydrogens (primary N) is 1. The van der Waals surface area contributed by atoms with Crippen LogP contribution in [0.4, 0.5) is 6.01 Å². The maximum atomic E-state index is 5.34. The van der Waals surface area contributed by atoms with Gasteiger partial charge in [-0.2, -0.15) is 11.8 Å². The van der Waals surface area contributed by atoms with E-state index in [1.165, 1.54) is 0 Å². The maximum absolute atomic E-state index is 5.34. The molecule has 0 bridgehead atoms. The Hall–Kier alpha value is -0.750. The zero-order valence-electron chi connectivity index (χ0n) is 8.49. The fourth-order valence-corrected chi connectivity index (χ4v) is 1.70. The zero-order chi connectivity index (χ0) is 10.4. The number of nitrogens with one attached hydrogen (secondary N) is 1. The summed E-state index contributed by atoms with van der Waals surface area (Å²) in [5.41, 5.74) is 5.34. The Morgan fingerprint density at radius 2 is 2.36 bits per heavy atom. The van der Waals surface area contributed by atoms with Crippen LogP contribution in [0.25, 0.3) is 0 Å². The molecule has 0 aliphatic carbocycles. The van der Waals surface area contributed by atoms with E-state index in [0.29, 0.717) is 17.8 Å². The van der Waals surface area contributed by atoms with Gasteiger partial charge in [-0.15, -0.1) is 5.10 Å². The predicted octanol–water partition coefficient (Wildman–Crippen LogP) is 0.939. The standard InChI is InChI=1S/C8H16N4OS/c1-6(5-14-2)4-10-8-12-11-7(3-9)13-8/h6H,3-5,9H2,1-2H3,(H,10,12). The number of anilines is 1. The van der Waals surface area contributed by atoms with E-state index in [0.717, 1.165) is 12.3 Å². The summed E-state index contributed by atoms with van der Waals surface area (Å²) >= 11 is 1.83. The smallest absolute Gasteiger partial charge is 0.315 e. The van der Waals surface area contributed by atoms with Gasteiger partial charge in [0.05, 0.1) is 6.54 Å². The lowest BCUT2D eigenvalue weighted by atomic mass is 10.2. The van der Waals surface area contributed by atoms with Crippen LogP contribution < -0.4 is 11.1 Å². The lowest BCUT2D eigenvalue weighted by molar-refractivity contribution is 0.503. The zero-order valence-corrected chi connectivity index (χ0v) is 9.30. The number of thioether (sulfide) groups is 1. The van der Waals surface area contributed by atoms with Crippen LogP contribution in [0, 0.1) is 5.92 Å². The number of hydrogen-bond acceptors (Lipinski definition) is 6. The molecule has 1 rings (SSSR count).